The van der Waals surface area contributed by atoms with Gasteiger partial charge in [-0.15, -0.1) is 0 Å². The zero-order valence-electron chi connectivity index (χ0n) is 13.4. The number of piperazine rings is 1. The molecule has 1 atom stereocenters. The van der Waals surface area contributed by atoms with Crippen molar-refractivity contribution in [1.29, 1.82) is 0 Å². The molecule has 0 bridgehead atoms. The van der Waals surface area contributed by atoms with E-state index < -0.39 is 17.6 Å². The summed E-state index contributed by atoms with van der Waals surface area (Å²) in [7, 11) is 0. The van der Waals surface area contributed by atoms with Crippen LogP contribution in [0.2, 0.25) is 0 Å². The second-order valence-corrected chi connectivity index (χ2v) is 6.60. The SMILES string of the molecule is CC(C)(C)OC(=O)N1CCN(C(C(=O)[O-])C2CC2)CC1.[Na+]. The molecule has 0 radical (unpaired) electrons. The zero-order chi connectivity index (χ0) is 14.9. The molecule has 0 N–H and O–H groups in total. The topological polar surface area (TPSA) is 72.9 Å². The van der Waals surface area contributed by atoms with Crippen molar-refractivity contribution < 1.29 is 49.0 Å². The number of carbonyl (C=O) groups excluding carboxylic acids is 2. The van der Waals surface area contributed by atoms with Crippen molar-refractivity contribution in [2.75, 3.05) is 26.2 Å². The molecule has 0 aromatic carbocycles. The van der Waals surface area contributed by atoms with Crippen molar-refractivity contribution in [3.63, 3.8) is 0 Å². The molecule has 0 aromatic heterocycles. The third-order valence-corrected chi connectivity index (χ3v) is 3.67. The molecule has 2 fully saturated rings. The van der Waals surface area contributed by atoms with Gasteiger partial charge in [-0.25, -0.2) is 4.79 Å². The Kier molecular flexibility index (Phi) is 6.53. The molecule has 1 saturated heterocycles. The Morgan fingerprint density at radius 1 is 1.14 bits per heavy atom. The van der Waals surface area contributed by atoms with Gasteiger partial charge in [0.05, 0.1) is 12.0 Å². The molecule has 114 valence electrons. The van der Waals surface area contributed by atoms with E-state index >= 15 is 0 Å². The van der Waals surface area contributed by atoms with Gasteiger partial charge < -0.3 is 19.5 Å². The Labute approximate surface area is 148 Å². The molecule has 7 heteroatoms. The molecule has 0 spiro atoms. The molecule has 1 aliphatic heterocycles. The Balaban J connectivity index is 0.00000220. The van der Waals surface area contributed by atoms with Gasteiger partial charge in [-0.1, -0.05) is 0 Å². The van der Waals surface area contributed by atoms with E-state index in [0.29, 0.717) is 26.2 Å². The number of hydrogen-bond acceptors (Lipinski definition) is 5. The van der Waals surface area contributed by atoms with E-state index in [0.717, 1.165) is 12.8 Å². The minimum atomic E-state index is -0.988. The summed E-state index contributed by atoms with van der Waals surface area (Å²) < 4.78 is 5.32. The molecule has 1 aliphatic carbocycles. The average Bonchev–Trinajstić information content (AvgIpc) is 3.12. The van der Waals surface area contributed by atoms with E-state index in [9.17, 15) is 14.7 Å². The molecule has 2 rings (SSSR count). The predicted molar refractivity (Wildman–Crippen MR) is 70.9 cm³/mol. The van der Waals surface area contributed by atoms with Gasteiger partial charge in [0.25, 0.3) is 0 Å². The summed E-state index contributed by atoms with van der Waals surface area (Å²) in [4.78, 5) is 26.7. The van der Waals surface area contributed by atoms with Gasteiger partial charge in [0.15, 0.2) is 0 Å². The first kappa shape index (κ1) is 18.7. The molecule has 6 nitrogen and oxygen atoms in total. The van der Waals surface area contributed by atoms with E-state index in [1.165, 1.54) is 0 Å². The molecular weight excluding hydrogens is 283 g/mol. The van der Waals surface area contributed by atoms with E-state index in [4.69, 9.17) is 4.74 Å². The molecule has 21 heavy (non-hydrogen) atoms. The number of rotatable bonds is 3. The van der Waals surface area contributed by atoms with Crippen LogP contribution in [0.4, 0.5) is 4.79 Å². The van der Waals surface area contributed by atoms with Crippen molar-refractivity contribution in [3.8, 4) is 0 Å². The van der Waals surface area contributed by atoms with Gasteiger partial charge in [-0.3, -0.25) is 4.90 Å². The van der Waals surface area contributed by atoms with Crippen LogP contribution in [0, 0.1) is 5.92 Å². The van der Waals surface area contributed by atoms with Crippen LogP contribution in [-0.2, 0) is 9.53 Å². The van der Waals surface area contributed by atoms with Gasteiger partial charge in [0.1, 0.15) is 5.60 Å². The average molecular weight is 306 g/mol. The maximum Gasteiger partial charge on any atom is 1.00 e. The maximum absolute atomic E-state index is 11.9. The maximum atomic E-state index is 11.9. The van der Waals surface area contributed by atoms with Crippen molar-refractivity contribution in [1.82, 2.24) is 9.80 Å². The first-order valence-corrected chi connectivity index (χ1v) is 7.21. The third kappa shape index (κ3) is 5.43. The first-order valence-electron chi connectivity index (χ1n) is 7.21. The summed E-state index contributed by atoms with van der Waals surface area (Å²) >= 11 is 0. The Hall–Kier alpha value is -0.300. The standard InChI is InChI=1S/C14H24N2O4.Na/c1-14(2,3)20-13(19)16-8-6-15(7-9-16)11(12(17)18)10-4-5-10;/h10-11H,4-9H2,1-3H3,(H,17,18);/q;+1/p-1. The van der Waals surface area contributed by atoms with Gasteiger partial charge in [0, 0.05) is 26.2 Å². The molecular formula is C14H23N2NaO4. The normalized spacial score (nSPS) is 21.4. The van der Waals surface area contributed by atoms with Gasteiger partial charge in [0.2, 0.25) is 0 Å². The Bertz CT molecular complexity index is 385. The van der Waals surface area contributed by atoms with Crippen LogP contribution >= 0.6 is 0 Å². The van der Waals surface area contributed by atoms with E-state index in [-0.39, 0.29) is 41.6 Å². The second-order valence-electron chi connectivity index (χ2n) is 6.60. The minimum Gasteiger partial charge on any atom is -0.548 e. The van der Waals surface area contributed by atoms with Crippen LogP contribution in [0.25, 0.3) is 0 Å². The third-order valence-electron chi connectivity index (χ3n) is 3.67. The van der Waals surface area contributed by atoms with Crippen LogP contribution in [-0.4, -0.2) is 59.7 Å². The Morgan fingerprint density at radius 2 is 1.67 bits per heavy atom. The van der Waals surface area contributed by atoms with E-state index in [2.05, 4.69) is 0 Å². The number of carboxylic acids is 1. The van der Waals surface area contributed by atoms with Gasteiger partial charge in [-0.2, -0.15) is 0 Å². The van der Waals surface area contributed by atoms with Crippen LogP contribution in [0.15, 0.2) is 0 Å². The summed E-state index contributed by atoms with van der Waals surface area (Å²) in [5.74, 6) is -0.758. The monoisotopic (exact) mass is 306 g/mol. The largest absolute Gasteiger partial charge is 1.00 e. The van der Waals surface area contributed by atoms with Crippen molar-refractivity contribution in [2.45, 2.75) is 45.3 Å². The number of carboxylic acid groups (broad SMARTS) is 1. The van der Waals surface area contributed by atoms with E-state index in [1.807, 2.05) is 25.7 Å². The summed E-state index contributed by atoms with van der Waals surface area (Å²) in [6.07, 6.45) is 1.60. The first-order chi connectivity index (χ1) is 9.28. The van der Waals surface area contributed by atoms with Crippen molar-refractivity contribution in [3.05, 3.63) is 0 Å². The van der Waals surface area contributed by atoms with Crippen LogP contribution in [0.5, 0.6) is 0 Å². The molecule has 1 unspecified atom stereocenters. The number of ether oxygens (including phenoxy) is 1. The second kappa shape index (κ2) is 7.31. The fourth-order valence-electron chi connectivity index (χ4n) is 2.56. The fraction of sp³-hybridized carbons (Fsp3) is 0.857. The summed E-state index contributed by atoms with van der Waals surface area (Å²) in [6, 6.07) is -0.490. The number of aliphatic carboxylic acids is 1. The smallest absolute Gasteiger partial charge is 0.548 e. The number of amides is 1. The number of nitrogens with zero attached hydrogens (tertiary/aromatic N) is 2. The number of carbonyl (C=O) groups is 2. The van der Waals surface area contributed by atoms with Crippen LogP contribution in [0.3, 0.4) is 0 Å². The fourth-order valence-corrected chi connectivity index (χ4v) is 2.56. The number of hydrogen-bond donors (Lipinski definition) is 0. The molecule has 1 saturated carbocycles. The molecule has 1 heterocycles. The van der Waals surface area contributed by atoms with Crippen molar-refractivity contribution in [2.24, 2.45) is 5.92 Å². The summed E-state index contributed by atoms with van der Waals surface area (Å²) in [5, 5.41) is 11.2. The van der Waals surface area contributed by atoms with Crippen LogP contribution in [0.1, 0.15) is 33.6 Å². The predicted octanol–water partition coefficient (Wildman–Crippen LogP) is -2.93. The molecule has 0 aromatic rings. The van der Waals surface area contributed by atoms with Crippen LogP contribution < -0.4 is 34.7 Å². The van der Waals surface area contributed by atoms with E-state index in [1.54, 1.807) is 4.90 Å². The summed E-state index contributed by atoms with van der Waals surface area (Å²) in [5.41, 5.74) is -0.504. The van der Waals surface area contributed by atoms with Crippen molar-refractivity contribution >= 4 is 12.1 Å². The van der Waals surface area contributed by atoms with Gasteiger partial charge >= 0.3 is 35.7 Å². The summed E-state index contributed by atoms with van der Waals surface area (Å²) in [6.45, 7) is 7.64. The Morgan fingerprint density at radius 3 is 2.05 bits per heavy atom. The quantitative estimate of drug-likeness (QED) is 0.522. The molecule has 2 aliphatic rings. The molecule has 1 amide bonds. The zero-order valence-corrected chi connectivity index (χ0v) is 15.4. The van der Waals surface area contributed by atoms with Gasteiger partial charge in [-0.05, 0) is 39.5 Å². The minimum absolute atomic E-state index is 0.